The molecule has 4 unspecified atom stereocenters. The maximum Gasteiger partial charge on any atom is 0.449 e. The zero-order valence-electron chi connectivity index (χ0n) is 34.8. The molecule has 0 radical (unpaired) electrons. The smallest absolute Gasteiger partial charge is 0.449 e. The first-order valence-corrected chi connectivity index (χ1v) is 20.5. The monoisotopic (exact) mass is 910 g/mol. The second-order valence-corrected chi connectivity index (χ2v) is 15.1. The van der Waals surface area contributed by atoms with E-state index in [4.69, 9.17) is 25.1 Å². The van der Waals surface area contributed by atoms with Crippen molar-refractivity contribution < 1.29 is 75.7 Å². The number of halogens is 6. The van der Waals surface area contributed by atoms with Crippen molar-refractivity contribution in [2.45, 2.75) is 108 Å². The van der Waals surface area contributed by atoms with Crippen LogP contribution in [0.15, 0.2) is 18.3 Å². The van der Waals surface area contributed by atoms with Gasteiger partial charge in [0.05, 0.1) is 63.6 Å². The summed E-state index contributed by atoms with van der Waals surface area (Å²) in [6.07, 6.45) is -6.66. The van der Waals surface area contributed by atoms with Crippen molar-refractivity contribution in [1.29, 1.82) is 0 Å². The van der Waals surface area contributed by atoms with Crippen molar-refractivity contribution in [3.05, 3.63) is 64.3 Å². The predicted molar refractivity (Wildman–Crippen MR) is 208 cm³/mol. The molecule has 3 heterocycles. The molecular weight excluding hydrogens is 854 g/mol. The van der Waals surface area contributed by atoms with Gasteiger partial charge in [0.15, 0.2) is 17.3 Å². The van der Waals surface area contributed by atoms with Crippen LogP contribution in [0.25, 0.3) is 0 Å². The van der Waals surface area contributed by atoms with E-state index < -0.39 is 97.1 Å². The number of imidazole rings is 1. The van der Waals surface area contributed by atoms with Crippen molar-refractivity contribution >= 4 is 11.9 Å². The summed E-state index contributed by atoms with van der Waals surface area (Å²) in [5, 5.41) is 57.8. The molecule has 1 amide bonds. The molecule has 63 heavy (non-hydrogen) atoms. The number of aromatic nitrogens is 5. The number of carbonyl (C=O) groups excluding carboxylic acids is 2. The number of hydrogen-bond acceptors (Lipinski definition) is 15. The van der Waals surface area contributed by atoms with Crippen LogP contribution >= 0.6 is 0 Å². The summed E-state index contributed by atoms with van der Waals surface area (Å²) in [7, 11) is 0. The fourth-order valence-electron chi connectivity index (χ4n) is 6.81. The molecule has 1 aliphatic rings. The number of alkyl halides is 3. The van der Waals surface area contributed by atoms with Crippen LogP contribution in [-0.2, 0) is 57.8 Å². The predicted octanol–water partition coefficient (Wildman–Crippen LogP) is 0.921. The van der Waals surface area contributed by atoms with Crippen LogP contribution in [0.1, 0.15) is 72.3 Å². The summed E-state index contributed by atoms with van der Waals surface area (Å²) in [5.74, 6) is -6.89. The topological polar surface area (TPSA) is 244 Å². The van der Waals surface area contributed by atoms with E-state index >= 15 is 0 Å². The Balaban J connectivity index is 1.19. The highest BCUT2D eigenvalue weighted by atomic mass is 19.4. The Morgan fingerprint density at radius 3 is 2.30 bits per heavy atom. The Morgan fingerprint density at radius 2 is 1.60 bits per heavy atom. The van der Waals surface area contributed by atoms with Gasteiger partial charge >= 0.3 is 12.1 Å². The Morgan fingerprint density at radius 1 is 0.921 bits per heavy atom. The Hall–Kier alpha value is -4.27. The van der Waals surface area contributed by atoms with Gasteiger partial charge in [0, 0.05) is 50.9 Å². The highest BCUT2D eigenvalue weighted by molar-refractivity contribution is 5.89. The number of ether oxygens (including phenoxy) is 3. The molecule has 0 spiro atoms. The number of nitrogens with zero attached hydrogens (tertiary/aromatic N) is 7. The van der Waals surface area contributed by atoms with Gasteiger partial charge in [-0.3, -0.25) is 9.69 Å². The highest BCUT2D eigenvalue weighted by Crippen LogP contribution is 2.33. The number of unbranched alkanes of at least 4 members (excludes halogenated alkanes) is 3. The molecule has 2 aromatic heterocycles. The number of hydrogen-bond donors (Lipinski definition) is 6. The molecule has 3 aromatic rings. The zero-order valence-corrected chi connectivity index (χ0v) is 34.8. The van der Waals surface area contributed by atoms with Gasteiger partial charge in [0.1, 0.15) is 30.7 Å². The lowest BCUT2D eigenvalue weighted by molar-refractivity contribution is -0.148. The van der Waals surface area contributed by atoms with Crippen molar-refractivity contribution in [2.24, 2.45) is 5.73 Å². The van der Waals surface area contributed by atoms with Gasteiger partial charge in [-0.25, -0.2) is 27.6 Å². The molecule has 18 nitrogen and oxygen atoms in total. The lowest BCUT2D eigenvalue weighted by atomic mass is 10.0. The minimum atomic E-state index is -4.93. The number of nitrogens with two attached hydrogens (primary N) is 1. The molecule has 4 rings (SSSR count). The summed E-state index contributed by atoms with van der Waals surface area (Å²) in [5.41, 5.74) is 5.43. The third-order valence-corrected chi connectivity index (χ3v) is 10.2. The third kappa shape index (κ3) is 15.4. The second kappa shape index (κ2) is 24.7. The number of aliphatic hydroxyl groups excluding tert-OH is 5. The van der Waals surface area contributed by atoms with Crippen molar-refractivity contribution in [3.63, 3.8) is 0 Å². The Bertz CT molecular complexity index is 1910. The first kappa shape index (κ1) is 51.4. The van der Waals surface area contributed by atoms with E-state index in [1.165, 1.54) is 0 Å². The number of carbonyl (C=O) groups is 2. The van der Waals surface area contributed by atoms with E-state index in [1.807, 2.05) is 4.90 Å². The number of amides is 1. The minimum absolute atomic E-state index is 0.0422. The first-order chi connectivity index (χ1) is 29.9. The second-order valence-electron chi connectivity index (χ2n) is 15.1. The zero-order chi connectivity index (χ0) is 46.3. The van der Waals surface area contributed by atoms with E-state index in [9.17, 15) is 56.4 Å². The van der Waals surface area contributed by atoms with Gasteiger partial charge in [0.2, 0.25) is 11.7 Å². The molecule has 1 aromatic carbocycles. The van der Waals surface area contributed by atoms with Crippen molar-refractivity contribution in [1.82, 2.24) is 34.3 Å². The van der Waals surface area contributed by atoms with E-state index in [1.54, 1.807) is 10.9 Å². The van der Waals surface area contributed by atoms with Crippen LogP contribution in [0, 0.1) is 17.5 Å². The third-order valence-electron chi connectivity index (χ3n) is 10.2. The molecule has 5 atom stereocenters. The summed E-state index contributed by atoms with van der Waals surface area (Å²) >= 11 is 0. The van der Waals surface area contributed by atoms with Crippen LogP contribution < -0.4 is 5.73 Å². The van der Waals surface area contributed by atoms with Crippen molar-refractivity contribution in [2.75, 3.05) is 59.3 Å². The van der Waals surface area contributed by atoms with Crippen LogP contribution in [0.5, 0.6) is 0 Å². The molecule has 0 saturated heterocycles. The number of esters is 1. The number of aliphatic hydroxyl groups is 5. The van der Waals surface area contributed by atoms with Gasteiger partial charge < -0.3 is 54.9 Å². The first-order valence-electron chi connectivity index (χ1n) is 20.5. The van der Waals surface area contributed by atoms with Gasteiger partial charge in [-0.05, 0) is 31.0 Å². The fourth-order valence-corrected chi connectivity index (χ4v) is 6.81. The summed E-state index contributed by atoms with van der Waals surface area (Å²) < 4.78 is 101. The standard InChI is InChI=1S/C39H56F6N8O10/c1-2-3-4-5-6-50(22-31(55)35(58)36(59)32(56)23-54)19-26-20-52(49-48-26)9-10-61-11-12-62-13-14-63-37(60)34-30-21-51(7-8-53(30)38(47-34)39(43,44)45)33(57)17-25(46)15-24-16-28(41)29(42)18-27(24)40/h16,18,20,25,31-32,35-36,54-56,58-59H,2-15,17,19,21-23,46H2,1H3/t25-,31?,32?,35?,36?/m1/s1. The lowest BCUT2D eigenvalue weighted by Crippen LogP contribution is -2.49. The van der Waals surface area contributed by atoms with Crippen molar-refractivity contribution in [3.8, 4) is 0 Å². The van der Waals surface area contributed by atoms with E-state index in [0.717, 1.165) is 35.2 Å². The lowest BCUT2D eigenvalue weighted by Gasteiger charge is -2.30. The average Bonchev–Trinajstić information content (AvgIpc) is 3.87. The highest BCUT2D eigenvalue weighted by Gasteiger charge is 2.42. The van der Waals surface area contributed by atoms with Crippen LogP contribution in [0.2, 0.25) is 0 Å². The van der Waals surface area contributed by atoms with Gasteiger partial charge in [0.25, 0.3) is 0 Å². The molecule has 0 aliphatic carbocycles. The maximum absolute atomic E-state index is 14.1. The molecule has 24 heteroatoms. The molecule has 1 aliphatic heterocycles. The Labute approximate surface area is 359 Å². The molecule has 354 valence electrons. The van der Waals surface area contributed by atoms with Gasteiger partial charge in [-0.2, -0.15) is 13.2 Å². The minimum Gasteiger partial charge on any atom is -0.458 e. The van der Waals surface area contributed by atoms with E-state index in [0.29, 0.717) is 30.9 Å². The largest absolute Gasteiger partial charge is 0.458 e. The van der Waals surface area contributed by atoms with Gasteiger partial charge in [-0.1, -0.05) is 31.4 Å². The van der Waals surface area contributed by atoms with Crippen LogP contribution in [0.3, 0.4) is 0 Å². The normalized spacial score (nSPS) is 15.6. The number of fused-ring (bicyclic) bond motifs is 1. The van der Waals surface area contributed by atoms with E-state index in [2.05, 4.69) is 22.2 Å². The molecule has 0 saturated carbocycles. The summed E-state index contributed by atoms with van der Waals surface area (Å²) in [6, 6.07) is -0.0580. The summed E-state index contributed by atoms with van der Waals surface area (Å²) in [4.78, 5) is 32.5. The van der Waals surface area contributed by atoms with Crippen LogP contribution in [-0.4, -0.2) is 161 Å². The molecule has 0 bridgehead atoms. The summed E-state index contributed by atoms with van der Waals surface area (Å²) in [6.45, 7) is 1.34. The van der Waals surface area contributed by atoms with Gasteiger partial charge in [-0.15, -0.1) is 5.10 Å². The number of benzene rings is 1. The quantitative estimate of drug-likeness (QED) is 0.0270. The van der Waals surface area contributed by atoms with Crippen LogP contribution in [0.4, 0.5) is 26.3 Å². The average molecular weight is 911 g/mol. The number of rotatable bonds is 27. The molecule has 7 N–H and O–H groups in total. The SMILES string of the molecule is CCCCCCN(Cc1cn(CCOCCOCCOC(=O)c2nc(C(F)(F)F)n3c2CN(C(=O)C[C@H](N)Cc2cc(F)c(F)cc2F)CC3)nn1)CC(O)C(O)C(O)C(O)CO. The van der Waals surface area contributed by atoms with E-state index in [-0.39, 0.29) is 76.9 Å². The fraction of sp³-hybridized carbons (Fsp3) is 0.667. The maximum atomic E-state index is 14.1. The molecular formula is C39H56F6N8O10. The molecule has 0 fully saturated rings. The Kier molecular flexibility index (Phi) is 20.1.